The van der Waals surface area contributed by atoms with Crippen molar-refractivity contribution in [3.63, 3.8) is 0 Å². The molecule has 0 atom stereocenters. The summed E-state index contributed by atoms with van der Waals surface area (Å²) in [5.74, 6) is -5.32. The number of aliphatic carboxylic acids is 1. The Morgan fingerprint density at radius 3 is 1.93 bits per heavy atom. The number of allylic oxidation sites excluding steroid dienone is 4. The van der Waals surface area contributed by atoms with Gasteiger partial charge in [-0.1, -0.05) is 18.2 Å². The number of hydrogen-bond donors (Lipinski definition) is 4. The molecular formula is C44H30N8Na4O16S3. The molecule has 5 aromatic rings. The number of carboxylic acids is 1. The maximum absolute atomic E-state index is 14.0. The molecule has 4 N–H and O–H groups in total. The van der Waals surface area contributed by atoms with Crippen molar-refractivity contribution in [1.29, 1.82) is 0 Å². The SMILES string of the molecule is CCOc1cc(N=Nc2ccc(N=C([O-])c3ccc(N/N=C4\C=CC(=O)C(C(=O)[O-])=C4)cc3)cc2)c2cc(S(=O)(=O)[O-])ccc2c1N/N=C1/C(=O)c2c(cc(S(=O)(=O)O)cc2N=C(C)[O-])C=C1S(=O)(=O)O.[Na+].[Na+].[Na+].[Na+]. The third-order valence-electron chi connectivity index (χ3n) is 9.84. The topological polar surface area (TPSA) is 394 Å². The summed E-state index contributed by atoms with van der Waals surface area (Å²) < 4.78 is 112. The number of carbonyl (C=O) groups excluding carboxylic acids is 3. The van der Waals surface area contributed by atoms with Crippen molar-refractivity contribution in [2.24, 2.45) is 30.4 Å². The van der Waals surface area contributed by atoms with Gasteiger partial charge in [-0.05, 0) is 122 Å². The number of hydrogen-bond acceptors (Lipinski definition) is 22. The summed E-state index contributed by atoms with van der Waals surface area (Å²) in [4.78, 5) is 41.8. The average Bonchev–Trinajstić information content (AvgIpc) is 3.29. The molecule has 2 aliphatic rings. The number of aliphatic imine (C=N–C) groups is 2. The van der Waals surface area contributed by atoms with Gasteiger partial charge in [-0.3, -0.25) is 39.5 Å². The molecule has 5 aromatic carbocycles. The van der Waals surface area contributed by atoms with Gasteiger partial charge in [-0.2, -0.15) is 32.2 Å². The van der Waals surface area contributed by atoms with Gasteiger partial charge in [0.05, 0.1) is 62.1 Å². The van der Waals surface area contributed by atoms with Gasteiger partial charge in [-0.25, -0.2) is 8.42 Å². The molecular weight excluding hydrogens is 1080 g/mol. The van der Waals surface area contributed by atoms with E-state index in [9.17, 15) is 68.6 Å². The van der Waals surface area contributed by atoms with Gasteiger partial charge in [-0.15, -0.1) is 5.11 Å². The van der Waals surface area contributed by atoms with Crippen LogP contribution in [0, 0.1) is 0 Å². The van der Waals surface area contributed by atoms with Crippen molar-refractivity contribution < 1.29 is 192 Å². The van der Waals surface area contributed by atoms with Crippen LogP contribution in [-0.4, -0.2) is 86.3 Å². The second kappa shape index (κ2) is 26.6. The quantitative estimate of drug-likeness (QED) is 0.0111. The normalized spacial score (nSPS) is 14.9. The molecule has 31 heteroatoms. The molecule has 0 aliphatic heterocycles. The molecule has 0 bridgehead atoms. The van der Waals surface area contributed by atoms with E-state index in [1.807, 2.05) is 0 Å². The molecule has 24 nitrogen and oxygen atoms in total. The number of hydrazone groups is 2. The minimum atomic E-state index is -5.35. The third-order valence-corrected chi connectivity index (χ3v) is 12.4. The summed E-state index contributed by atoms with van der Waals surface area (Å²) in [7, 11) is -15.4. The molecule has 0 amide bonds. The van der Waals surface area contributed by atoms with E-state index in [1.54, 1.807) is 6.92 Å². The van der Waals surface area contributed by atoms with E-state index in [0.717, 1.165) is 37.3 Å². The predicted molar refractivity (Wildman–Crippen MR) is 249 cm³/mol. The molecule has 7 rings (SSSR count). The number of benzene rings is 5. The number of fused-ring (bicyclic) bond motifs is 2. The van der Waals surface area contributed by atoms with Crippen molar-refractivity contribution >= 4 is 122 Å². The number of ether oxygens (including phenoxy) is 1. The van der Waals surface area contributed by atoms with E-state index < -0.39 is 102 Å². The van der Waals surface area contributed by atoms with Gasteiger partial charge in [0.15, 0.2) is 11.5 Å². The minimum Gasteiger partial charge on any atom is -0.862 e. The van der Waals surface area contributed by atoms with Gasteiger partial charge < -0.3 is 29.4 Å². The van der Waals surface area contributed by atoms with Crippen LogP contribution in [0.15, 0.2) is 154 Å². The number of carbonyl (C=O) groups is 3. The number of ketones is 2. The Labute approximate surface area is 515 Å². The Balaban J connectivity index is 0.00000371. The maximum Gasteiger partial charge on any atom is 1.00 e. The molecule has 0 radical (unpaired) electrons. The second-order valence-electron chi connectivity index (χ2n) is 14.7. The van der Waals surface area contributed by atoms with Gasteiger partial charge >= 0.3 is 118 Å². The predicted octanol–water partition coefficient (Wildman–Crippen LogP) is -8.85. The molecule has 0 heterocycles. The van der Waals surface area contributed by atoms with Crippen molar-refractivity contribution in [3.8, 4) is 5.75 Å². The van der Waals surface area contributed by atoms with Crippen LogP contribution in [0.1, 0.15) is 35.3 Å². The van der Waals surface area contributed by atoms with Crippen molar-refractivity contribution in [2.45, 2.75) is 23.6 Å². The standard InChI is InChI=1S/C44H34N8O16S3.4Na/c1-3-68-37-21-34(50-48-27-10-8-25(9-11-27)46-43(56)23-4-6-26(7-5-23)47-49-28-12-15-36(54)33(18-28)44(57)58)32-19-29(69(59,60)61)13-14-31(32)40(37)51-52-41-38(71(65,66)67)17-24-16-30(70(62,63)64)20-35(45-22(2)53)39(24)42(41)55;;;;/h4-21,47,51H,3H2,1-2H3,(H,45,53)(H,46,56)(H,57,58)(H,59,60,61)(H,62,63,64)(H,65,66,67);;;;/q;4*+1/p-4/b49-28+,50-48?,52-41+;;;;. The van der Waals surface area contributed by atoms with Crippen LogP contribution < -0.4 is 149 Å². The maximum atomic E-state index is 14.0. The minimum absolute atomic E-state index is 0. The van der Waals surface area contributed by atoms with Gasteiger partial charge in [0.2, 0.25) is 5.78 Å². The fourth-order valence-corrected chi connectivity index (χ4v) is 8.37. The zero-order valence-electron chi connectivity index (χ0n) is 40.1. The summed E-state index contributed by atoms with van der Waals surface area (Å²) in [6.07, 6.45) is 4.05. The van der Waals surface area contributed by atoms with Crippen LogP contribution in [0.4, 0.5) is 34.1 Å². The van der Waals surface area contributed by atoms with E-state index >= 15 is 0 Å². The van der Waals surface area contributed by atoms with Crippen LogP contribution in [0.5, 0.6) is 5.75 Å². The number of nitrogens with one attached hydrogen (secondary N) is 2. The summed E-state index contributed by atoms with van der Waals surface area (Å²) >= 11 is 0. The monoisotopic (exact) mass is 1110 g/mol. The largest absolute Gasteiger partial charge is 1.00 e. The van der Waals surface area contributed by atoms with Gasteiger partial charge in [0.1, 0.15) is 26.5 Å². The van der Waals surface area contributed by atoms with E-state index in [-0.39, 0.29) is 175 Å². The molecule has 364 valence electrons. The number of nitrogens with zero attached hydrogens (tertiary/aromatic N) is 6. The zero-order valence-corrected chi connectivity index (χ0v) is 50.6. The smallest absolute Gasteiger partial charge is 0.862 e. The first kappa shape index (κ1) is 64.7. The van der Waals surface area contributed by atoms with E-state index in [2.05, 4.69) is 41.3 Å². The molecule has 0 aromatic heterocycles. The zero-order chi connectivity index (χ0) is 51.6. The van der Waals surface area contributed by atoms with E-state index in [0.29, 0.717) is 23.9 Å². The van der Waals surface area contributed by atoms with Crippen molar-refractivity contribution in [3.05, 3.63) is 130 Å². The number of carboxylic acid groups (broad SMARTS) is 1. The fourth-order valence-electron chi connectivity index (χ4n) is 6.68. The molecule has 75 heavy (non-hydrogen) atoms. The number of anilines is 2. The molecule has 0 spiro atoms. The first-order chi connectivity index (χ1) is 33.4. The molecule has 0 fully saturated rings. The average molecular weight is 1110 g/mol. The summed E-state index contributed by atoms with van der Waals surface area (Å²) in [5, 5.41) is 52.5. The Morgan fingerprint density at radius 1 is 0.693 bits per heavy atom. The number of rotatable bonds is 15. The molecule has 0 unspecified atom stereocenters. The first-order valence-electron chi connectivity index (χ1n) is 19.9. The summed E-state index contributed by atoms with van der Waals surface area (Å²) in [6, 6.07) is 17.4. The third kappa shape index (κ3) is 15.8. The first-order valence-corrected chi connectivity index (χ1v) is 24.2. The van der Waals surface area contributed by atoms with Crippen molar-refractivity contribution in [1.82, 2.24) is 0 Å². The number of Topliss-reactive ketones (excluding diaryl/α,β-unsaturated/α-hetero) is 1. The van der Waals surface area contributed by atoms with Crippen molar-refractivity contribution in [2.75, 3.05) is 17.5 Å². The number of azo groups is 1. The Bertz CT molecular complexity index is 3730. The van der Waals surface area contributed by atoms with Crippen LogP contribution in [-0.2, 0) is 39.9 Å². The molecule has 2 aliphatic carbocycles. The van der Waals surface area contributed by atoms with Gasteiger partial charge in [0.25, 0.3) is 20.2 Å². The fraction of sp³-hybridized carbons (Fsp3) is 0.0682. The van der Waals surface area contributed by atoms with E-state index in [4.69, 9.17) is 4.74 Å². The van der Waals surface area contributed by atoms with Crippen LogP contribution in [0.25, 0.3) is 16.8 Å². The van der Waals surface area contributed by atoms with Crippen LogP contribution in [0.3, 0.4) is 0 Å². The van der Waals surface area contributed by atoms with E-state index in [1.165, 1.54) is 60.7 Å². The molecule has 0 saturated carbocycles. The molecule has 0 saturated heterocycles. The Kier molecular flexibility index (Phi) is 23.0. The van der Waals surface area contributed by atoms with Crippen LogP contribution in [0.2, 0.25) is 0 Å². The summed E-state index contributed by atoms with van der Waals surface area (Å²) in [5.41, 5.74) is 2.91. The Morgan fingerprint density at radius 2 is 1.35 bits per heavy atom. The van der Waals surface area contributed by atoms with Crippen LogP contribution >= 0.6 is 0 Å². The Hall–Kier alpha value is -4.60. The van der Waals surface area contributed by atoms with Gasteiger partial charge in [0, 0.05) is 22.4 Å². The second-order valence-corrected chi connectivity index (χ2v) is 18.9. The summed E-state index contributed by atoms with van der Waals surface area (Å²) in [6.45, 7) is 2.50.